The Bertz CT molecular complexity index is 1240. The number of carbonyl (C=O) groups is 3. The zero-order valence-electron chi connectivity index (χ0n) is 18.5. The van der Waals surface area contributed by atoms with Crippen molar-refractivity contribution in [2.75, 3.05) is 11.9 Å². The average Bonchev–Trinajstić information content (AvgIpc) is 3.15. The van der Waals surface area contributed by atoms with Crippen LogP contribution in [-0.4, -0.2) is 35.7 Å². The highest BCUT2D eigenvalue weighted by Gasteiger charge is 2.30. The third-order valence-electron chi connectivity index (χ3n) is 5.79. The number of carbonyl (C=O) groups excluding carboxylic acids is 2. The molecule has 0 saturated heterocycles. The van der Waals surface area contributed by atoms with Crippen molar-refractivity contribution in [2.45, 2.75) is 24.8 Å². The molecule has 3 N–H and O–H groups in total. The normalized spacial score (nSPS) is 12.9. The number of carboxylic acid groups (broad SMARTS) is 1. The van der Waals surface area contributed by atoms with Crippen LogP contribution < -0.4 is 10.6 Å². The summed E-state index contributed by atoms with van der Waals surface area (Å²) in [4.78, 5) is 36.6. The summed E-state index contributed by atoms with van der Waals surface area (Å²) in [5.41, 5.74) is 4.66. The van der Waals surface area contributed by atoms with Crippen LogP contribution >= 0.6 is 27.5 Å². The Labute approximate surface area is 215 Å². The van der Waals surface area contributed by atoms with Crippen molar-refractivity contribution in [2.24, 2.45) is 0 Å². The number of carboxylic acids is 1. The van der Waals surface area contributed by atoms with Gasteiger partial charge in [-0.05, 0) is 46.9 Å². The predicted molar refractivity (Wildman–Crippen MR) is 137 cm³/mol. The van der Waals surface area contributed by atoms with Crippen LogP contribution in [0.1, 0.15) is 29.9 Å². The van der Waals surface area contributed by atoms with Crippen molar-refractivity contribution in [3.63, 3.8) is 0 Å². The molecule has 3 aromatic carbocycles. The summed E-state index contributed by atoms with van der Waals surface area (Å²) < 4.78 is 6.24. The molecule has 0 aliphatic heterocycles. The van der Waals surface area contributed by atoms with Gasteiger partial charge < -0.3 is 20.5 Å². The molecule has 3 aromatic rings. The van der Waals surface area contributed by atoms with Gasteiger partial charge in [0.2, 0.25) is 5.91 Å². The number of benzene rings is 3. The Hall–Kier alpha value is -3.36. The summed E-state index contributed by atoms with van der Waals surface area (Å²) in [5, 5.41) is 14.5. The van der Waals surface area contributed by atoms with E-state index in [1.165, 1.54) is 0 Å². The first-order valence-electron chi connectivity index (χ1n) is 10.9. The maximum absolute atomic E-state index is 12.8. The van der Waals surface area contributed by atoms with E-state index >= 15 is 0 Å². The molecule has 4 rings (SSSR count). The highest BCUT2D eigenvalue weighted by molar-refractivity contribution is 9.10. The van der Waals surface area contributed by atoms with Gasteiger partial charge in [-0.3, -0.25) is 9.59 Å². The highest BCUT2D eigenvalue weighted by Crippen LogP contribution is 2.44. The molecule has 1 unspecified atom stereocenters. The second kappa shape index (κ2) is 10.9. The Morgan fingerprint density at radius 2 is 1.63 bits per heavy atom. The molecule has 180 valence electrons. The standard InChI is InChI=1S/C26H22BrClN2O5/c27-15-9-10-22(21(28)13-15)29-25(33)23(11-12-24(31)32)30-26(34)35-14-20-18-7-3-1-5-16(18)17-6-2-4-8-19(17)20/h1-10,13,20,23H,11-12,14H2,(H,29,33)(H,30,34)(H,31,32). The van der Waals surface area contributed by atoms with Gasteiger partial charge in [-0.25, -0.2) is 4.79 Å². The molecular formula is C26H22BrClN2O5. The summed E-state index contributed by atoms with van der Waals surface area (Å²) in [5.74, 6) is -1.82. The number of rotatable bonds is 8. The molecule has 0 saturated carbocycles. The molecule has 35 heavy (non-hydrogen) atoms. The number of alkyl carbamates (subject to hydrolysis) is 1. The lowest BCUT2D eigenvalue weighted by Gasteiger charge is -2.19. The summed E-state index contributed by atoms with van der Waals surface area (Å²) in [6.07, 6.45) is -1.23. The van der Waals surface area contributed by atoms with Crippen LogP contribution in [0.4, 0.5) is 10.5 Å². The number of ether oxygens (including phenoxy) is 1. The SMILES string of the molecule is O=C(O)CCC(NC(=O)OCC1c2ccccc2-c2ccccc21)C(=O)Nc1ccc(Br)cc1Cl. The van der Waals surface area contributed by atoms with Crippen LogP contribution in [0.5, 0.6) is 0 Å². The van der Waals surface area contributed by atoms with Gasteiger partial charge in [0.25, 0.3) is 0 Å². The lowest BCUT2D eigenvalue weighted by Crippen LogP contribution is -2.44. The van der Waals surface area contributed by atoms with Gasteiger partial charge in [-0.15, -0.1) is 0 Å². The molecular weight excluding hydrogens is 536 g/mol. The fraction of sp³-hybridized carbons (Fsp3) is 0.192. The quantitative estimate of drug-likeness (QED) is 0.324. The lowest BCUT2D eigenvalue weighted by molar-refractivity contribution is -0.137. The highest BCUT2D eigenvalue weighted by atomic mass is 79.9. The van der Waals surface area contributed by atoms with Gasteiger partial charge in [0, 0.05) is 16.8 Å². The van der Waals surface area contributed by atoms with Gasteiger partial charge >= 0.3 is 12.1 Å². The van der Waals surface area contributed by atoms with E-state index in [1.54, 1.807) is 18.2 Å². The van der Waals surface area contributed by atoms with E-state index in [0.717, 1.165) is 26.7 Å². The summed E-state index contributed by atoms with van der Waals surface area (Å²) in [7, 11) is 0. The second-order valence-electron chi connectivity index (χ2n) is 8.07. The second-order valence-corrected chi connectivity index (χ2v) is 9.39. The monoisotopic (exact) mass is 556 g/mol. The van der Waals surface area contributed by atoms with Crippen LogP contribution in [0, 0.1) is 0 Å². The number of fused-ring (bicyclic) bond motifs is 3. The van der Waals surface area contributed by atoms with E-state index in [2.05, 4.69) is 26.6 Å². The minimum absolute atomic E-state index is 0.0751. The number of halogens is 2. The molecule has 2 amide bonds. The number of hydrogen-bond acceptors (Lipinski definition) is 4. The minimum Gasteiger partial charge on any atom is -0.481 e. The van der Waals surface area contributed by atoms with Crippen LogP contribution in [0.2, 0.25) is 5.02 Å². The molecule has 0 spiro atoms. The third-order valence-corrected chi connectivity index (χ3v) is 6.59. The lowest BCUT2D eigenvalue weighted by atomic mass is 9.98. The Morgan fingerprint density at radius 3 is 2.23 bits per heavy atom. The fourth-order valence-corrected chi connectivity index (χ4v) is 4.85. The molecule has 9 heteroatoms. The Balaban J connectivity index is 1.43. The van der Waals surface area contributed by atoms with Crippen molar-refractivity contribution in [3.05, 3.63) is 87.4 Å². The van der Waals surface area contributed by atoms with Crippen molar-refractivity contribution >= 4 is 51.2 Å². The van der Waals surface area contributed by atoms with E-state index in [-0.39, 0.29) is 25.4 Å². The van der Waals surface area contributed by atoms with E-state index < -0.39 is 24.0 Å². The molecule has 1 atom stereocenters. The predicted octanol–water partition coefficient (Wildman–Crippen LogP) is 5.81. The molecule has 1 aliphatic carbocycles. The van der Waals surface area contributed by atoms with Crippen LogP contribution in [0.25, 0.3) is 11.1 Å². The first-order valence-corrected chi connectivity index (χ1v) is 12.1. The van der Waals surface area contributed by atoms with Gasteiger partial charge in [-0.2, -0.15) is 0 Å². The van der Waals surface area contributed by atoms with Crippen molar-refractivity contribution in [3.8, 4) is 11.1 Å². The van der Waals surface area contributed by atoms with E-state index in [1.807, 2.05) is 48.5 Å². The molecule has 0 bridgehead atoms. The van der Waals surface area contributed by atoms with Crippen molar-refractivity contribution in [1.82, 2.24) is 5.32 Å². The van der Waals surface area contributed by atoms with Crippen LogP contribution in [-0.2, 0) is 14.3 Å². The summed E-state index contributed by atoms with van der Waals surface area (Å²) in [6.45, 7) is 0.0751. The van der Waals surface area contributed by atoms with Crippen LogP contribution in [0.15, 0.2) is 71.2 Å². The molecule has 0 heterocycles. The van der Waals surface area contributed by atoms with E-state index in [0.29, 0.717) is 10.7 Å². The summed E-state index contributed by atoms with van der Waals surface area (Å²) >= 11 is 9.46. The largest absolute Gasteiger partial charge is 0.481 e. The number of aliphatic carboxylic acids is 1. The Kier molecular flexibility index (Phi) is 7.73. The number of anilines is 1. The maximum Gasteiger partial charge on any atom is 0.407 e. The molecule has 7 nitrogen and oxygen atoms in total. The van der Waals surface area contributed by atoms with Gasteiger partial charge in [0.05, 0.1) is 10.7 Å². The Morgan fingerprint density at radius 1 is 1.00 bits per heavy atom. The fourth-order valence-electron chi connectivity index (χ4n) is 4.13. The third kappa shape index (κ3) is 5.83. The van der Waals surface area contributed by atoms with Crippen molar-refractivity contribution < 1.29 is 24.2 Å². The molecule has 1 aliphatic rings. The smallest absolute Gasteiger partial charge is 0.407 e. The molecule has 0 aromatic heterocycles. The number of amides is 2. The average molecular weight is 558 g/mol. The van der Waals surface area contributed by atoms with E-state index in [4.69, 9.17) is 21.4 Å². The first kappa shape index (κ1) is 24.8. The molecule has 0 radical (unpaired) electrons. The first-order chi connectivity index (χ1) is 16.8. The topological polar surface area (TPSA) is 105 Å². The molecule has 0 fully saturated rings. The van der Waals surface area contributed by atoms with E-state index in [9.17, 15) is 14.4 Å². The van der Waals surface area contributed by atoms with Gasteiger partial charge in [0.1, 0.15) is 12.6 Å². The van der Waals surface area contributed by atoms with Gasteiger partial charge in [0.15, 0.2) is 0 Å². The number of hydrogen-bond donors (Lipinski definition) is 3. The number of nitrogens with one attached hydrogen (secondary N) is 2. The zero-order chi connectivity index (χ0) is 24.9. The van der Waals surface area contributed by atoms with Crippen molar-refractivity contribution in [1.29, 1.82) is 0 Å². The van der Waals surface area contributed by atoms with Gasteiger partial charge in [-0.1, -0.05) is 76.1 Å². The zero-order valence-corrected chi connectivity index (χ0v) is 20.8. The minimum atomic E-state index is -1.12. The summed E-state index contributed by atoms with van der Waals surface area (Å²) in [6, 6.07) is 19.7. The van der Waals surface area contributed by atoms with Crippen LogP contribution in [0.3, 0.4) is 0 Å². The maximum atomic E-state index is 12.8.